The lowest BCUT2D eigenvalue weighted by atomic mass is 10.1. The fourth-order valence-corrected chi connectivity index (χ4v) is 2.90. The van der Waals surface area contributed by atoms with Crippen molar-refractivity contribution in [2.24, 2.45) is 5.10 Å². The van der Waals surface area contributed by atoms with Crippen molar-refractivity contribution < 1.29 is 19.1 Å². The molecule has 30 heavy (non-hydrogen) atoms. The normalized spacial score (nSPS) is 11.1. The van der Waals surface area contributed by atoms with Crippen molar-refractivity contribution in [3.8, 4) is 11.5 Å². The van der Waals surface area contributed by atoms with Crippen molar-refractivity contribution in [1.82, 2.24) is 15.7 Å². The van der Waals surface area contributed by atoms with E-state index in [1.807, 2.05) is 30.3 Å². The number of benzene rings is 2. The van der Waals surface area contributed by atoms with Gasteiger partial charge in [-0.15, -0.1) is 0 Å². The number of rotatable bonds is 7. The topological polar surface area (TPSA) is 102 Å². The zero-order chi connectivity index (χ0) is 21.5. The van der Waals surface area contributed by atoms with Crippen LogP contribution in [-0.4, -0.2) is 43.3 Å². The molecule has 2 aromatic carbocycles. The molecule has 0 radical (unpaired) electrons. The van der Waals surface area contributed by atoms with E-state index in [0.717, 1.165) is 16.5 Å². The second-order valence-corrected chi connectivity index (χ2v) is 6.36. The Morgan fingerprint density at radius 3 is 2.57 bits per heavy atom. The lowest BCUT2D eigenvalue weighted by Gasteiger charge is -2.10. The molecular formula is C22H22N4O4. The molecule has 3 aromatic rings. The number of fused-ring (bicyclic) bond motifs is 1. The third kappa shape index (κ3) is 4.72. The molecule has 0 spiro atoms. The Kier molecular flexibility index (Phi) is 6.59. The van der Waals surface area contributed by atoms with Crippen molar-refractivity contribution in [3.63, 3.8) is 0 Å². The predicted molar refractivity (Wildman–Crippen MR) is 114 cm³/mol. The maximum Gasteiger partial charge on any atom is 0.259 e. The fraction of sp³-hybridized carbons (Fsp3) is 0.182. The van der Waals surface area contributed by atoms with Crippen LogP contribution >= 0.6 is 0 Å². The van der Waals surface area contributed by atoms with E-state index in [0.29, 0.717) is 22.8 Å². The monoisotopic (exact) mass is 406 g/mol. The molecule has 0 saturated heterocycles. The van der Waals surface area contributed by atoms with Crippen LogP contribution in [0.4, 0.5) is 0 Å². The maximum absolute atomic E-state index is 12.3. The highest BCUT2D eigenvalue weighted by molar-refractivity contribution is 6.09. The summed E-state index contributed by atoms with van der Waals surface area (Å²) in [5.41, 5.74) is 5.16. The van der Waals surface area contributed by atoms with Gasteiger partial charge in [0.25, 0.3) is 11.8 Å². The number of nitrogens with zero attached hydrogens (tertiary/aromatic N) is 2. The summed E-state index contributed by atoms with van der Waals surface area (Å²) in [7, 11) is 3.00. The molecule has 0 aliphatic carbocycles. The SMILES string of the molecule is COc1ccc(C(=O)NCC(=O)N/N=C(\C)c2ccnc3ccccc23)cc1OC. The number of nitrogens with one attached hydrogen (secondary N) is 2. The van der Waals surface area contributed by atoms with Gasteiger partial charge in [-0.3, -0.25) is 14.6 Å². The average molecular weight is 406 g/mol. The second kappa shape index (κ2) is 9.51. The molecule has 0 aliphatic rings. The zero-order valence-corrected chi connectivity index (χ0v) is 16.9. The number of hydrazone groups is 1. The van der Waals surface area contributed by atoms with Crippen LogP contribution in [0, 0.1) is 0 Å². The van der Waals surface area contributed by atoms with E-state index >= 15 is 0 Å². The van der Waals surface area contributed by atoms with E-state index < -0.39 is 11.8 Å². The molecule has 0 atom stereocenters. The Morgan fingerprint density at radius 2 is 1.80 bits per heavy atom. The first kappa shape index (κ1) is 20.8. The number of ether oxygens (including phenoxy) is 2. The summed E-state index contributed by atoms with van der Waals surface area (Å²) in [6.07, 6.45) is 1.70. The maximum atomic E-state index is 12.3. The summed E-state index contributed by atoms with van der Waals surface area (Å²) in [5, 5.41) is 7.64. The Bertz CT molecular complexity index is 1110. The number of amides is 2. The third-order valence-electron chi connectivity index (χ3n) is 4.44. The summed E-state index contributed by atoms with van der Waals surface area (Å²) in [6.45, 7) is 1.57. The smallest absolute Gasteiger partial charge is 0.259 e. The average Bonchev–Trinajstić information content (AvgIpc) is 2.79. The number of pyridine rings is 1. The minimum Gasteiger partial charge on any atom is -0.493 e. The van der Waals surface area contributed by atoms with E-state index in [4.69, 9.17) is 9.47 Å². The van der Waals surface area contributed by atoms with Crippen molar-refractivity contribution in [3.05, 3.63) is 65.9 Å². The van der Waals surface area contributed by atoms with Gasteiger partial charge in [-0.1, -0.05) is 18.2 Å². The second-order valence-electron chi connectivity index (χ2n) is 6.36. The molecular weight excluding hydrogens is 384 g/mol. The van der Waals surface area contributed by atoms with Crippen molar-refractivity contribution in [2.45, 2.75) is 6.92 Å². The number of aromatic nitrogens is 1. The molecule has 8 nitrogen and oxygen atoms in total. The van der Waals surface area contributed by atoms with Gasteiger partial charge in [-0.05, 0) is 37.3 Å². The molecule has 3 rings (SSSR count). The van der Waals surface area contributed by atoms with Gasteiger partial charge in [-0.2, -0.15) is 5.10 Å². The van der Waals surface area contributed by atoms with Gasteiger partial charge in [0.15, 0.2) is 11.5 Å². The number of methoxy groups -OCH3 is 2. The van der Waals surface area contributed by atoms with Crippen LogP contribution in [0.1, 0.15) is 22.8 Å². The highest BCUT2D eigenvalue weighted by Gasteiger charge is 2.12. The highest BCUT2D eigenvalue weighted by Crippen LogP contribution is 2.27. The molecule has 2 amide bonds. The highest BCUT2D eigenvalue weighted by atomic mass is 16.5. The van der Waals surface area contributed by atoms with Gasteiger partial charge >= 0.3 is 0 Å². The molecule has 154 valence electrons. The molecule has 1 aromatic heterocycles. The Hall–Kier alpha value is -3.94. The number of hydrogen-bond acceptors (Lipinski definition) is 6. The van der Waals surface area contributed by atoms with E-state index in [-0.39, 0.29) is 6.54 Å². The largest absolute Gasteiger partial charge is 0.493 e. The standard InChI is InChI=1S/C22H22N4O4/c1-14(16-10-11-23-18-7-5-4-6-17(16)18)25-26-21(27)13-24-22(28)15-8-9-19(29-2)20(12-15)30-3/h4-12H,13H2,1-3H3,(H,24,28)(H,26,27)/b25-14+. The fourth-order valence-electron chi connectivity index (χ4n) is 2.90. The van der Waals surface area contributed by atoms with Crippen LogP contribution in [0.5, 0.6) is 11.5 Å². The van der Waals surface area contributed by atoms with Crippen molar-refractivity contribution in [1.29, 1.82) is 0 Å². The molecule has 0 fully saturated rings. The van der Waals surface area contributed by atoms with Gasteiger partial charge in [0.2, 0.25) is 0 Å². The lowest BCUT2D eigenvalue weighted by molar-refractivity contribution is -0.120. The first-order valence-corrected chi connectivity index (χ1v) is 9.21. The summed E-state index contributed by atoms with van der Waals surface area (Å²) < 4.78 is 10.3. The van der Waals surface area contributed by atoms with Crippen molar-refractivity contribution >= 4 is 28.4 Å². The quantitative estimate of drug-likeness (QED) is 0.464. The van der Waals surface area contributed by atoms with Crippen LogP contribution in [0.3, 0.4) is 0 Å². The van der Waals surface area contributed by atoms with E-state index in [1.54, 1.807) is 31.3 Å². The first-order valence-electron chi connectivity index (χ1n) is 9.21. The molecule has 2 N–H and O–H groups in total. The Morgan fingerprint density at radius 1 is 1.03 bits per heavy atom. The summed E-state index contributed by atoms with van der Waals surface area (Å²) in [5.74, 6) is 0.0908. The van der Waals surface area contributed by atoms with Gasteiger partial charge < -0.3 is 14.8 Å². The summed E-state index contributed by atoms with van der Waals surface area (Å²) >= 11 is 0. The third-order valence-corrected chi connectivity index (χ3v) is 4.44. The van der Waals surface area contributed by atoms with Crippen LogP contribution in [0.25, 0.3) is 10.9 Å². The van der Waals surface area contributed by atoms with Gasteiger partial charge in [-0.25, -0.2) is 5.43 Å². The molecule has 0 unspecified atom stereocenters. The lowest BCUT2D eigenvalue weighted by Crippen LogP contribution is -2.35. The molecule has 1 heterocycles. The summed E-state index contributed by atoms with van der Waals surface area (Å²) in [6, 6.07) is 14.3. The van der Waals surface area contributed by atoms with E-state index in [9.17, 15) is 9.59 Å². The molecule has 0 aliphatic heterocycles. The Balaban J connectivity index is 1.61. The van der Waals surface area contributed by atoms with E-state index in [2.05, 4.69) is 20.8 Å². The van der Waals surface area contributed by atoms with Crippen molar-refractivity contribution in [2.75, 3.05) is 20.8 Å². The zero-order valence-electron chi connectivity index (χ0n) is 16.9. The number of para-hydroxylation sites is 1. The molecule has 8 heteroatoms. The number of hydrogen-bond donors (Lipinski definition) is 2. The van der Waals surface area contributed by atoms with Crippen LogP contribution < -0.4 is 20.2 Å². The predicted octanol–water partition coefficient (Wildman–Crippen LogP) is 2.52. The minimum atomic E-state index is -0.443. The van der Waals surface area contributed by atoms with E-state index in [1.165, 1.54) is 14.2 Å². The number of carbonyl (C=O) groups is 2. The van der Waals surface area contributed by atoms with Crippen LogP contribution in [-0.2, 0) is 4.79 Å². The van der Waals surface area contributed by atoms with Crippen LogP contribution in [0.2, 0.25) is 0 Å². The van der Waals surface area contributed by atoms with Gasteiger partial charge in [0, 0.05) is 22.7 Å². The number of carbonyl (C=O) groups excluding carboxylic acids is 2. The van der Waals surface area contributed by atoms with Gasteiger partial charge in [0.05, 0.1) is 32.0 Å². The first-order chi connectivity index (χ1) is 14.5. The molecule has 0 saturated carbocycles. The minimum absolute atomic E-state index is 0.221. The van der Waals surface area contributed by atoms with Crippen LogP contribution in [0.15, 0.2) is 59.8 Å². The molecule has 0 bridgehead atoms. The summed E-state index contributed by atoms with van der Waals surface area (Å²) in [4.78, 5) is 28.7. The van der Waals surface area contributed by atoms with Gasteiger partial charge in [0.1, 0.15) is 0 Å². The Labute approximate surface area is 173 Å².